The van der Waals surface area contributed by atoms with Crippen molar-refractivity contribution in [2.75, 3.05) is 0 Å². The molecule has 2 aromatic carbocycles. The van der Waals surface area contributed by atoms with Crippen molar-refractivity contribution in [1.82, 2.24) is 4.98 Å². The van der Waals surface area contributed by atoms with Gasteiger partial charge in [0, 0.05) is 32.4 Å². The molecule has 0 aliphatic carbocycles. The van der Waals surface area contributed by atoms with E-state index >= 15 is 0 Å². The third kappa shape index (κ3) is 2.71. The Bertz CT molecular complexity index is 781. The number of fused-ring (bicyclic) bond motifs is 1. The van der Waals surface area contributed by atoms with Crippen LogP contribution in [0.1, 0.15) is 25.0 Å². The van der Waals surface area contributed by atoms with Gasteiger partial charge in [-0.1, -0.05) is 42.1 Å². The largest absolute Gasteiger partial charge is 0.360 e. The Hall–Kier alpha value is -1.71. The molecule has 21 heavy (non-hydrogen) atoms. The smallest absolute Gasteiger partial charge is 0.0468 e. The molecule has 3 rings (SSSR count). The Balaban J connectivity index is 2.08. The average Bonchev–Trinajstić information content (AvgIpc) is 2.83. The molecule has 0 amide bonds. The maximum absolute atomic E-state index is 6.31. The minimum atomic E-state index is -0.343. The SMILES string of the molecule is Cc1cccc2[nH]cc(Sc3ccccc3C(C)(C)N)c12. The van der Waals surface area contributed by atoms with Crippen LogP contribution in [-0.2, 0) is 5.54 Å². The molecule has 0 fully saturated rings. The molecule has 0 aliphatic heterocycles. The van der Waals surface area contributed by atoms with Crippen LogP contribution >= 0.6 is 11.8 Å². The topological polar surface area (TPSA) is 41.8 Å². The zero-order chi connectivity index (χ0) is 15.0. The van der Waals surface area contributed by atoms with Crippen molar-refractivity contribution in [2.24, 2.45) is 5.73 Å². The van der Waals surface area contributed by atoms with Gasteiger partial charge in [0.05, 0.1) is 0 Å². The van der Waals surface area contributed by atoms with Gasteiger partial charge in [0.2, 0.25) is 0 Å². The normalized spacial score (nSPS) is 12.0. The molecule has 0 aliphatic rings. The van der Waals surface area contributed by atoms with Crippen LogP contribution in [0.25, 0.3) is 10.9 Å². The second kappa shape index (κ2) is 5.24. The fourth-order valence-corrected chi connectivity index (χ4v) is 3.93. The molecule has 108 valence electrons. The molecule has 3 N–H and O–H groups in total. The van der Waals surface area contributed by atoms with Gasteiger partial charge in [-0.25, -0.2) is 0 Å². The summed E-state index contributed by atoms with van der Waals surface area (Å²) in [4.78, 5) is 5.82. The standard InChI is InChI=1S/C18H20N2S/c1-12-7-6-9-14-17(12)16(11-20-14)21-15-10-5-4-8-13(15)18(2,3)19/h4-11,20H,19H2,1-3H3. The first-order valence-electron chi connectivity index (χ1n) is 7.10. The van der Waals surface area contributed by atoms with Crippen molar-refractivity contribution in [3.8, 4) is 0 Å². The first kappa shape index (κ1) is 14.2. The Morgan fingerprint density at radius 1 is 1.00 bits per heavy atom. The van der Waals surface area contributed by atoms with Crippen LogP contribution in [0.15, 0.2) is 58.5 Å². The quantitative estimate of drug-likeness (QED) is 0.727. The third-order valence-electron chi connectivity index (χ3n) is 3.68. The van der Waals surface area contributed by atoms with Gasteiger partial charge in [-0.05, 0) is 44.0 Å². The lowest BCUT2D eigenvalue weighted by Gasteiger charge is -2.22. The van der Waals surface area contributed by atoms with Gasteiger partial charge in [-0.15, -0.1) is 0 Å². The predicted octanol–water partition coefficient (Wildman–Crippen LogP) is 4.82. The highest BCUT2D eigenvalue weighted by Crippen LogP contribution is 2.38. The lowest BCUT2D eigenvalue weighted by atomic mass is 9.96. The maximum atomic E-state index is 6.31. The lowest BCUT2D eigenvalue weighted by molar-refractivity contribution is 0.543. The molecule has 0 spiro atoms. The van der Waals surface area contributed by atoms with Crippen molar-refractivity contribution < 1.29 is 0 Å². The molecular formula is C18H20N2S. The maximum Gasteiger partial charge on any atom is 0.0468 e. The molecule has 3 aromatic rings. The predicted molar refractivity (Wildman–Crippen MR) is 90.8 cm³/mol. The van der Waals surface area contributed by atoms with Gasteiger partial charge >= 0.3 is 0 Å². The average molecular weight is 296 g/mol. The highest BCUT2D eigenvalue weighted by molar-refractivity contribution is 7.99. The highest BCUT2D eigenvalue weighted by Gasteiger charge is 2.19. The van der Waals surface area contributed by atoms with E-state index in [9.17, 15) is 0 Å². The number of rotatable bonds is 3. The zero-order valence-electron chi connectivity index (χ0n) is 12.6. The van der Waals surface area contributed by atoms with E-state index in [1.807, 2.05) is 13.8 Å². The summed E-state index contributed by atoms with van der Waals surface area (Å²) in [6, 6.07) is 14.7. The van der Waals surface area contributed by atoms with E-state index in [-0.39, 0.29) is 5.54 Å². The van der Waals surface area contributed by atoms with Crippen LogP contribution in [0, 0.1) is 6.92 Å². The number of nitrogens with one attached hydrogen (secondary N) is 1. The fraction of sp³-hybridized carbons (Fsp3) is 0.222. The first-order valence-corrected chi connectivity index (χ1v) is 7.91. The second-order valence-corrected chi connectivity index (χ2v) is 7.05. The molecule has 0 radical (unpaired) electrons. The van der Waals surface area contributed by atoms with Crippen molar-refractivity contribution in [2.45, 2.75) is 36.1 Å². The zero-order valence-corrected chi connectivity index (χ0v) is 13.4. The molecule has 0 unspecified atom stereocenters. The number of H-pyrrole nitrogens is 1. The number of aromatic amines is 1. The molecule has 0 saturated carbocycles. The van der Waals surface area contributed by atoms with Crippen molar-refractivity contribution in [1.29, 1.82) is 0 Å². The monoisotopic (exact) mass is 296 g/mol. The molecule has 0 atom stereocenters. The van der Waals surface area contributed by atoms with Crippen molar-refractivity contribution >= 4 is 22.7 Å². The van der Waals surface area contributed by atoms with E-state index in [4.69, 9.17) is 5.73 Å². The Morgan fingerprint density at radius 2 is 1.76 bits per heavy atom. The molecule has 3 heteroatoms. The van der Waals surface area contributed by atoms with Gasteiger partial charge in [0.15, 0.2) is 0 Å². The summed E-state index contributed by atoms with van der Waals surface area (Å²) >= 11 is 1.78. The van der Waals surface area contributed by atoms with E-state index in [0.29, 0.717) is 0 Å². The summed E-state index contributed by atoms with van der Waals surface area (Å²) in [6.07, 6.45) is 2.09. The second-order valence-electron chi connectivity index (χ2n) is 5.97. The molecule has 1 heterocycles. The van der Waals surface area contributed by atoms with E-state index < -0.39 is 0 Å². The Labute approximate surface area is 129 Å². The Kier molecular flexibility index (Phi) is 3.56. The fourth-order valence-electron chi connectivity index (χ4n) is 2.62. The summed E-state index contributed by atoms with van der Waals surface area (Å²) < 4.78 is 0. The summed E-state index contributed by atoms with van der Waals surface area (Å²) in [7, 11) is 0. The molecular weight excluding hydrogens is 276 g/mol. The number of aromatic nitrogens is 1. The molecule has 1 aromatic heterocycles. The first-order chi connectivity index (χ1) is 9.97. The van der Waals surface area contributed by atoms with Crippen LogP contribution < -0.4 is 5.73 Å². The van der Waals surface area contributed by atoms with E-state index in [1.54, 1.807) is 11.8 Å². The number of hydrogen-bond acceptors (Lipinski definition) is 2. The van der Waals surface area contributed by atoms with Crippen LogP contribution in [0.5, 0.6) is 0 Å². The van der Waals surface area contributed by atoms with Gasteiger partial charge < -0.3 is 10.7 Å². The summed E-state index contributed by atoms with van der Waals surface area (Å²) in [5.41, 5.74) is 9.62. The third-order valence-corrected chi connectivity index (χ3v) is 4.80. The minimum absolute atomic E-state index is 0.343. The lowest BCUT2D eigenvalue weighted by Crippen LogP contribution is -2.29. The van der Waals surface area contributed by atoms with Crippen LogP contribution in [0.4, 0.5) is 0 Å². The van der Waals surface area contributed by atoms with Crippen LogP contribution in [-0.4, -0.2) is 4.98 Å². The summed E-state index contributed by atoms with van der Waals surface area (Å²) in [5, 5.41) is 1.30. The van der Waals surface area contributed by atoms with Crippen LogP contribution in [0.2, 0.25) is 0 Å². The summed E-state index contributed by atoms with van der Waals surface area (Å²) in [5.74, 6) is 0. The molecule has 0 saturated heterocycles. The van der Waals surface area contributed by atoms with Gasteiger partial charge in [0.1, 0.15) is 0 Å². The van der Waals surface area contributed by atoms with Crippen molar-refractivity contribution in [3.05, 3.63) is 59.8 Å². The number of nitrogens with two attached hydrogens (primary N) is 1. The number of hydrogen-bond donors (Lipinski definition) is 2. The van der Waals surface area contributed by atoms with E-state index in [0.717, 1.165) is 0 Å². The molecule has 2 nitrogen and oxygen atoms in total. The van der Waals surface area contributed by atoms with Gasteiger partial charge in [-0.2, -0.15) is 0 Å². The van der Waals surface area contributed by atoms with E-state index in [2.05, 4.69) is 60.6 Å². The number of benzene rings is 2. The summed E-state index contributed by atoms with van der Waals surface area (Å²) in [6.45, 7) is 6.25. The number of aryl methyl sites for hydroxylation is 1. The van der Waals surface area contributed by atoms with Gasteiger partial charge in [-0.3, -0.25) is 0 Å². The van der Waals surface area contributed by atoms with Gasteiger partial charge in [0.25, 0.3) is 0 Å². The van der Waals surface area contributed by atoms with Crippen LogP contribution in [0.3, 0.4) is 0 Å². The van der Waals surface area contributed by atoms with E-state index in [1.165, 1.54) is 31.8 Å². The highest BCUT2D eigenvalue weighted by atomic mass is 32.2. The molecule has 0 bridgehead atoms. The minimum Gasteiger partial charge on any atom is -0.360 e. The van der Waals surface area contributed by atoms with Crippen molar-refractivity contribution in [3.63, 3.8) is 0 Å². The Morgan fingerprint density at radius 3 is 2.52 bits per heavy atom.